The molecule has 0 saturated heterocycles. The Morgan fingerprint density at radius 2 is 1.45 bits per heavy atom. The molecule has 0 amide bonds. The number of alkyl halides is 10. The maximum atomic E-state index is 13.3. The molecular formula is C13H9F10NO5. The Morgan fingerprint density at radius 3 is 1.93 bits per heavy atom. The van der Waals surface area contributed by atoms with Gasteiger partial charge in [-0.3, -0.25) is 0 Å². The van der Waals surface area contributed by atoms with Gasteiger partial charge in [0.05, 0.1) is 0 Å². The molecule has 0 fully saturated rings. The van der Waals surface area contributed by atoms with Gasteiger partial charge in [0.15, 0.2) is 6.61 Å². The normalized spacial score (nSPS) is 14.0. The SMILES string of the molecule is CC(F)(F)OC(F)(F)C(F)(F)OC(F)(F)OC(F)(F)COC(=O)c1ccccn1. The van der Waals surface area contributed by atoms with E-state index < -0.39 is 55.9 Å². The van der Waals surface area contributed by atoms with Crippen LogP contribution in [0.1, 0.15) is 17.4 Å². The van der Waals surface area contributed by atoms with Crippen molar-refractivity contribution in [3.05, 3.63) is 30.1 Å². The topological polar surface area (TPSA) is 66.9 Å². The molecule has 0 aliphatic heterocycles. The third-order valence-electron chi connectivity index (χ3n) is 2.41. The summed E-state index contributed by atoms with van der Waals surface area (Å²) in [6, 6.07) is 3.52. The molecule has 6 nitrogen and oxygen atoms in total. The third kappa shape index (κ3) is 7.98. The van der Waals surface area contributed by atoms with Gasteiger partial charge in [0.1, 0.15) is 5.69 Å². The zero-order chi connectivity index (χ0) is 22.7. The van der Waals surface area contributed by atoms with Gasteiger partial charge < -0.3 is 4.74 Å². The molecule has 1 aromatic rings. The lowest BCUT2D eigenvalue weighted by molar-refractivity contribution is -0.565. The van der Waals surface area contributed by atoms with Crippen molar-refractivity contribution in [3.63, 3.8) is 0 Å². The minimum absolute atomic E-state index is 0.435. The summed E-state index contributed by atoms with van der Waals surface area (Å²) in [5.74, 6) is -1.56. The van der Waals surface area contributed by atoms with Crippen LogP contribution >= 0.6 is 0 Å². The first kappa shape index (κ1) is 24.8. The molecule has 0 aliphatic carbocycles. The van der Waals surface area contributed by atoms with Gasteiger partial charge in [0.25, 0.3) is 0 Å². The highest BCUT2D eigenvalue weighted by Gasteiger charge is 2.68. The molecule has 16 heteroatoms. The molecule has 0 aromatic carbocycles. The van der Waals surface area contributed by atoms with Crippen molar-refractivity contribution < 1.29 is 67.6 Å². The molecule has 29 heavy (non-hydrogen) atoms. The molecule has 0 unspecified atom stereocenters. The Balaban J connectivity index is 2.77. The molecule has 0 spiro atoms. The largest absolute Gasteiger partial charge is 0.495 e. The van der Waals surface area contributed by atoms with Crippen molar-refractivity contribution in [2.24, 2.45) is 0 Å². The highest BCUT2D eigenvalue weighted by molar-refractivity contribution is 5.87. The van der Waals surface area contributed by atoms with Crippen LogP contribution in [-0.4, -0.2) is 48.3 Å². The predicted molar refractivity (Wildman–Crippen MR) is 68.2 cm³/mol. The zero-order valence-electron chi connectivity index (χ0n) is 13.8. The van der Waals surface area contributed by atoms with Gasteiger partial charge in [-0.2, -0.15) is 35.1 Å². The monoisotopic (exact) mass is 449 g/mol. The first-order valence-corrected chi connectivity index (χ1v) is 6.94. The summed E-state index contributed by atoms with van der Waals surface area (Å²) in [6.45, 7) is -2.73. The Kier molecular flexibility index (Phi) is 7.08. The van der Waals surface area contributed by atoms with Gasteiger partial charge in [-0.05, 0) is 12.1 Å². The molecule has 0 aliphatic rings. The minimum Gasteiger partial charge on any atom is -0.452 e. The standard InChI is InChI=1S/C13H9F10NO5/c1-9(14,15)27-11(18,19)12(20,21)29-13(22,23)28-10(16,17)6-26-8(25)7-4-2-3-5-24-7/h2-5H,6H2,1H3. The smallest absolute Gasteiger partial charge is 0.452 e. The van der Waals surface area contributed by atoms with Crippen LogP contribution < -0.4 is 0 Å². The number of esters is 1. The second kappa shape index (κ2) is 8.27. The summed E-state index contributed by atoms with van der Waals surface area (Å²) in [5.41, 5.74) is -0.546. The quantitative estimate of drug-likeness (QED) is 0.303. The molecule has 0 radical (unpaired) electrons. The van der Waals surface area contributed by atoms with Gasteiger partial charge in [-0.1, -0.05) is 6.07 Å². The van der Waals surface area contributed by atoms with Gasteiger partial charge in [0.2, 0.25) is 0 Å². The summed E-state index contributed by atoms with van der Waals surface area (Å²) in [7, 11) is 0. The zero-order valence-corrected chi connectivity index (χ0v) is 13.8. The van der Waals surface area contributed by atoms with Crippen LogP contribution in [0.15, 0.2) is 24.4 Å². The first-order chi connectivity index (χ1) is 12.9. The van der Waals surface area contributed by atoms with E-state index in [1.807, 2.05) is 0 Å². The van der Waals surface area contributed by atoms with Gasteiger partial charge in [-0.25, -0.2) is 24.0 Å². The summed E-state index contributed by atoms with van der Waals surface area (Å²) in [6.07, 6.45) is -28.2. The van der Waals surface area contributed by atoms with Crippen LogP contribution in [0.5, 0.6) is 0 Å². The molecule has 1 aromatic heterocycles. The molecular weight excluding hydrogens is 440 g/mol. The number of hydrogen-bond acceptors (Lipinski definition) is 6. The van der Waals surface area contributed by atoms with E-state index >= 15 is 0 Å². The molecule has 0 N–H and O–H groups in total. The number of nitrogens with zero attached hydrogens (tertiary/aromatic N) is 1. The second-order valence-corrected chi connectivity index (χ2v) is 5.04. The predicted octanol–water partition coefficient (Wildman–Crippen LogP) is 4.23. The van der Waals surface area contributed by atoms with E-state index in [1.54, 1.807) is 0 Å². The lowest BCUT2D eigenvalue weighted by Crippen LogP contribution is -2.53. The van der Waals surface area contributed by atoms with Crippen molar-refractivity contribution in [1.29, 1.82) is 0 Å². The number of pyridine rings is 1. The lowest BCUT2D eigenvalue weighted by Gasteiger charge is -2.31. The van der Waals surface area contributed by atoms with E-state index in [2.05, 4.69) is 23.9 Å². The summed E-state index contributed by atoms with van der Waals surface area (Å²) in [5, 5.41) is 0. The van der Waals surface area contributed by atoms with Gasteiger partial charge in [-0.15, -0.1) is 8.78 Å². The number of halogens is 10. The molecule has 0 atom stereocenters. The van der Waals surface area contributed by atoms with Crippen LogP contribution in [0.25, 0.3) is 0 Å². The van der Waals surface area contributed by atoms with Crippen molar-refractivity contribution in [1.82, 2.24) is 4.98 Å². The van der Waals surface area contributed by atoms with E-state index in [1.165, 1.54) is 12.1 Å². The lowest BCUT2D eigenvalue weighted by atomic mass is 10.3. The summed E-state index contributed by atoms with van der Waals surface area (Å²) in [4.78, 5) is 14.7. The first-order valence-electron chi connectivity index (χ1n) is 6.94. The fourth-order valence-electron chi connectivity index (χ4n) is 1.42. The van der Waals surface area contributed by atoms with Crippen LogP contribution in [0.3, 0.4) is 0 Å². The fraction of sp³-hybridized carbons (Fsp3) is 0.538. The third-order valence-corrected chi connectivity index (χ3v) is 2.41. The Hall–Kier alpha value is -2.20. The average molecular weight is 449 g/mol. The number of rotatable bonds is 10. The molecule has 1 rings (SSSR count). The van der Waals surface area contributed by atoms with E-state index in [-0.39, 0.29) is 0 Å². The number of aromatic nitrogens is 1. The summed E-state index contributed by atoms with van der Waals surface area (Å²) < 4.78 is 140. The highest BCUT2D eigenvalue weighted by Crippen LogP contribution is 2.44. The Bertz CT molecular complexity index is 695. The maximum Gasteiger partial charge on any atom is 0.495 e. The van der Waals surface area contributed by atoms with Crippen molar-refractivity contribution >= 4 is 5.97 Å². The maximum absolute atomic E-state index is 13.3. The number of carbonyl (C=O) groups is 1. The minimum atomic E-state index is -6.54. The van der Waals surface area contributed by atoms with Crippen molar-refractivity contribution in [2.45, 2.75) is 37.7 Å². The van der Waals surface area contributed by atoms with Crippen molar-refractivity contribution in [3.8, 4) is 0 Å². The molecule has 1 heterocycles. The number of hydrogen-bond donors (Lipinski definition) is 0. The Labute approximate surface area is 154 Å². The number of ether oxygens (including phenoxy) is 4. The van der Waals surface area contributed by atoms with Crippen LogP contribution in [0.4, 0.5) is 43.9 Å². The van der Waals surface area contributed by atoms with E-state index in [0.29, 0.717) is 0 Å². The van der Waals surface area contributed by atoms with Gasteiger partial charge >= 0.3 is 36.7 Å². The van der Waals surface area contributed by atoms with Crippen LogP contribution in [-0.2, 0) is 18.9 Å². The summed E-state index contributed by atoms with van der Waals surface area (Å²) >= 11 is 0. The van der Waals surface area contributed by atoms with E-state index in [4.69, 9.17) is 0 Å². The van der Waals surface area contributed by atoms with Crippen molar-refractivity contribution in [2.75, 3.05) is 6.61 Å². The molecule has 0 saturated carbocycles. The van der Waals surface area contributed by atoms with Gasteiger partial charge in [0, 0.05) is 13.1 Å². The number of carbonyl (C=O) groups excluding carboxylic acids is 1. The highest BCUT2D eigenvalue weighted by atomic mass is 19.3. The molecule has 166 valence electrons. The van der Waals surface area contributed by atoms with Crippen LogP contribution in [0, 0.1) is 0 Å². The van der Waals surface area contributed by atoms with E-state index in [0.717, 1.165) is 12.3 Å². The second-order valence-electron chi connectivity index (χ2n) is 5.04. The van der Waals surface area contributed by atoms with Crippen LogP contribution in [0.2, 0.25) is 0 Å². The Morgan fingerprint density at radius 1 is 0.897 bits per heavy atom. The van der Waals surface area contributed by atoms with E-state index in [9.17, 15) is 48.7 Å². The molecule has 0 bridgehead atoms. The fourth-order valence-corrected chi connectivity index (χ4v) is 1.42. The average Bonchev–Trinajstić information content (AvgIpc) is 2.49.